The molecule has 0 aromatic rings. The third kappa shape index (κ3) is 4.53. The van der Waals surface area contributed by atoms with Crippen molar-refractivity contribution in [1.29, 1.82) is 0 Å². The lowest BCUT2D eigenvalue weighted by Gasteiger charge is -2.42. The van der Waals surface area contributed by atoms with Crippen LogP contribution >= 0.6 is 12.0 Å². The second kappa shape index (κ2) is 8.42. The van der Waals surface area contributed by atoms with Crippen molar-refractivity contribution in [2.75, 3.05) is 0 Å². The van der Waals surface area contributed by atoms with E-state index >= 15 is 0 Å². The van der Waals surface area contributed by atoms with Gasteiger partial charge in [0.2, 0.25) is 0 Å². The minimum absolute atomic E-state index is 0.120. The number of carbonyl (C=O) groups is 1. The van der Waals surface area contributed by atoms with Crippen molar-refractivity contribution in [2.45, 2.75) is 81.5 Å². The minimum Gasteiger partial charge on any atom is -0.331 e. The van der Waals surface area contributed by atoms with Crippen LogP contribution in [0.3, 0.4) is 0 Å². The molecule has 0 bridgehead atoms. The van der Waals surface area contributed by atoms with Gasteiger partial charge in [-0.1, -0.05) is 43.6 Å². The zero-order valence-corrected chi connectivity index (χ0v) is 13.3. The Labute approximate surface area is 133 Å². The van der Waals surface area contributed by atoms with Crippen molar-refractivity contribution >= 4 is 17.9 Å². The normalized spacial score (nSPS) is 21.8. The van der Waals surface area contributed by atoms with E-state index in [9.17, 15) is 13.6 Å². The average Bonchev–Trinajstić information content (AvgIpc) is 2.55. The fourth-order valence-electron chi connectivity index (χ4n) is 3.59. The second-order valence-electron chi connectivity index (χ2n) is 6.04. The summed E-state index contributed by atoms with van der Waals surface area (Å²) in [5, 5.41) is 7.49. The Morgan fingerprint density at radius 2 is 1.45 bits per heavy atom. The molecule has 1 N–H and O–H groups in total. The summed E-state index contributed by atoms with van der Waals surface area (Å²) in [5.41, 5.74) is 0. The number of halogens is 2. The highest BCUT2D eigenvalue weighted by Crippen LogP contribution is 2.37. The van der Waals surface area contributed by atoms with Gasteiger partial charge in [0, 0.05) is 12.1 Å². The predicted octanol–water partition coefficient (Wildman–Crippen LogP) is 4.14. The third-order valence-corrected chi connectivity index (χ3v) is 5.10. The van der Waals surface area contributed by atoms with E-state index in [1.165, 1.54) is 4.90 Å². The van der Waals surface area contributed by atoms with Crippen LogP contribution in [0.4, 0.5) is 8.78 Å². The molecule has 1 amide bonds. The monoisotopic (exact) mass is 339 g/mol. The van der Waals surface area contributed by atoms with Gasteiger partial charge in [-0.15, -0.1) is 4.33 Å². The highest BCUT2D eigenvalue weighted by Gasteiger charge is 2.48. The Morgan fingerprint density at radius 3 is 1.86 bits per heavy atom. The lowest BCUT2D eigenvalue weighted by molar-refractivity contribution is -0.433. The molecule has 2 saturated carbocycles. The maximum absolute atomic E-state index is 14.0. The predicted molar refractivity (Wildman–Crippen MR) is 77.9 cm³/mol. The van der Waals surface area contributed by atoms with E-state index in [0.29, 0.717) is 0 Å². The van der Waals surface area contributed by atoms with Gasteiger partial charge < -0.3 is 4.90 Å². The van der Waals surface area contributed by atoms with Gasteiger partial charge in [0.15, 0.2) is 0 Å². The Bertz CT molecular complexity index is 343. The molecule has 0 spiro atoms. The molecule has 0 atom stereocenters. The summed E-state index contributed by atoms with van der Waals surface area (Å²) in [6, 6.07) is -0.239. The topological polar surface area (TPSA) is 59.0 Å². The molecular formula is C14H23F2NO4S. The van der Waals surface area contributed by atoms with Crippen LogP contribution in [0.15, 0.2) is 0 Å². The summed E-state index contributed by atoms with van der Waals surface area (Å²) in [5.74, 6) is -1.23. The number of alkyl halides is 2. The van der Waals surface area contributed by atoms with E-state index in [1.807, 2.05) is 0 Å². The standard InChI is InChI=1S/C14H23F2NO4S/c15-14(16,22-21-20-19)13(18)17(11-7-3-1-4-8-11)12-9-5-2-6-10-12/h11-12,19H,1-10H2. The van der Waals surface area contributed by atoms with Crippen molar-refractivity contribution in [3.63, 3.8) is 0 Å². The summed E-state index contributed by atoms with van der Waals surface area (Å²) in [6.45, 7) is 0. The zero-order chi connectivity index (χ0) is 16.0. The van der Waals surface area contributed by atoms with Crippen molar-refractivity contribution in [3.05, 3.63) is 0 Å². The molecule has 22 heavy (non-hydrogen) atoms. The first-order valence-electron chi connectivity index (χ1n) is 7.93. The molecule has 128 valence electrons. The molecule has 0 radical (unpaired) electrons. The number of nitrogens with zero attached hydrogens (tertiary/aromatic N) is 1. The fourth-order valence-corrected chi connectivity index (χ4v) is 3.88. The maximum Gasteiger partial charge on any atom is 0.397 e. The number of carbonyl (C=O) groups excluding carboxylic acids is 1. The maximum atomic E-state index is 14.0. The lowest BCUT2D eigenvalue weighted by atomic mass is 9.88. The van der Waals surface area contributed by atoms with E-state index in [0.717, 1.165) is 64.2 Å². The van der Waals surface area contributed by atoms with Crippen molar-refractivity contribution < 1.29 is 28.2 Å². The summed E-state index contributed by atoms with van der Waals surface area (Å²) in [7, 11) is 0. The Hall–Kier alpha value is -0.440. The third-order valence-electron chi connectivity index (χ3n) is 4.59. The first-order chi connectivity index (χ1) is 10.6. The lowest BCUT2D eigenvalue weighted by Crippen LogP contribution is -2.53. The quantitative estimate of drug-likeness (QED) is 0.448. The molecule has 0 saturated heterocycles. The van der Waals surface area contributed by atoms with Crippen molar-refractivity contribution in [1.82, 2.24) is 4.90 Å². The van der Waals surface area contributed by atoms with Gasteiger partial charge in [-0.2, -0.15) is 8.78 Å². The number of hydrogen-bond donors (Lipinski definition) is 1. The van der Waals surface area contributed by atoms with Crippen LogP contribution < -0.4 is 0 Å². The summed E-state index contributed by atoms with van der Waals surface area (Å²) in [4.78, 5) is 13.8. The molecule has 8 heteroatoms. The van der Waals surface area contributed by atoms with E-state index < -0.39 is 23.2 Å². The molecule has 5 nitrogen and oxygen atoms in total. The average molecular weight is 339 g/mol. The minimum atomic E-state index is -3.77. The van der Waals surface area contributed by atoms with Crippen molar-refractivity contribution in [2.24, 2.45) is 0 Å². The highest BCUT2D eigenvalue weighted by molar-refractivity contribution is 7.96. The van der Waals surface area contributed by atoms with E-state index in [2.05, 4.69) is 9.37 Å². The molecular weight excluding hydrogens is 316 g/mol. The summed E-state index contributed by atoms with van der Waals surface area (Å²) >= 11 is -0.454. The number of amides is 1. The molecule has 0 aliphatic heterocycles. The van der Waals surface area contributed by atoms with Crippen LogP contribution in [0, 0.1) is 0 Å². The van der Waals surface area contributed by atoms with Gasteiger partial charge in [0.05, 0.1) is 0 Å². The van der Waals surface area contributed by atoms with Gasteiger partial charge in [-0.05, 0) is 25.7 Å². The molecule has 2 fully saturated rings. The SMILES string of the molecule is O=C(N(C1CCCCC1)C1CCCCC1)C(F)(F)SOOO. The van der Waals surface area contributed by atoms with Crippen LogP contribution in [-0.4, -0.2) is 33.4 Å². The van der Waals surface area contributed by atoms with E-state index in [4.69, 9.17) is 5.26 Å². The van der Waals surface area contributed by atoms with Gasteiger partial charge in [-0.25, -0.2) is 5.26 Å². The van der Waals surface area contributed by atoms with Gasteiger partial charge in [-0.3, -0.25) is 4.79 Å². The molecule has 0 aromatic heterocycles. The van der Waals surface area contributed by atoms with E-state index in [-0.39, 0.29) is 12.1 Å². The van der Waals surface area contributed by atoms with Gasteiger partial charge in [0.25, 0.3) is 0 Å². The Morgan fingerprint density at radius 1 is 1.00 bits per heavy atom. The summed E-state index contributed by atoms with van der Waals surface area (Å²) in [6.07, 6.45) is 9.17. The van der Waals surface area contributed by atoms with Gasteiger partial charge in [0.1, 0.15) is 12.0 Å². The largest absolute Gasteiger partial charge is 0.397 e. The Kier molecular flexibility index (Phi) is 6.86. The van der Waals surface area contributed by atoms with Crippen LogP contribution in [0.1, 0.15) is 64.2 Å². The number of hydrogen-bond acceptors (Lipinski definition) is 5. The Balaban J connectivity index is 2.12. The fraction of sp³-hybridized carbons (Fsp3) is 0.929. The smallest absolute Gasteiger partial charge is 0.331 e. The first-order valence-corrected chi connectivity index (χ1v) is 8.67. The van der Waals surface area contributed by atoms with Crippen LogP contribution in [0.25, 0.3) is 0 Å². The van der Waals surface area contributed by atoms with Crippen LogP contribution in [-0.2, 0) is 14.2 Å². The molecule has 0 unspecified atom stereocenters. The number of rotatable bonds is 6. The first kappa shape index (κ1) is 17.9. The zero-order valence-electron chi connectivity index (χ0n) is 12.5. The van der Waals surface area contributed by atoms with Crippen LogP contribution in [0.2, 0.25) is 0 Å². The highest BCUT2D eigenvalue weighted by atomic mass is 32.2. The van der Waals surface area contributed by atoms with Gasteiger partial charge >= 0.3 is 11.2 Å². The van der Waals surface area contributed by atoms with Crippen LogP contribution in [0.5, 0.6) is 0 Å². The molecule has 2 rings (SSSR count). The molecule has 0 heterocycles. The van der Waals surface area contributed by atoms with Crippen molar-refractivity contribution in [3.8, 4) is 0 Å². The van der Waals surface area contributed by atoms with E-state index in [1.54, 1.807) is 0 Å². The second-order valence-corrected chi connectivity index (χ2v) is 6.85. The summed E-state index contributed by atoms with van der Waals surface area (Å²) < 4.78 is 31.9. The molecule has 0 aromatic carbocycles. The molecule has 2 aliphatic rings. The molecule has 2 aliphatic carbocycles.